The predicted molar refractivity (Wildman–Crippen MR) is 93.9 cm³/mol. The molecule has 2 aromatic carbocycles. The second-order valence-electron chi connectivity index (χ2n) is 5.29. The average molecular weight is 330 g/mol. The van der Waals surface area contributed by atoms with E-state index < -0.39 is 0 Å². The Kier molecular flexibility index (Phi) is 7.01. The quantitative estimate of drug-likeness (QED) is 0.436. The molecule has 0 saturated heterocycles. The zero-order valence-corrected chi connectivity index (χ0v) is 14.1. The Balaban J connectivity index is 2.04. The maximum absolute atomic E-state index is 12.4. The van der Waals surface area contributed by atoms with Crippen molar-refractivity contribution in [2.75, 3.05) is 12.4 Å². The Morgan fingerprint density at radius 3 is 2.48 bits per heavy atom. The zero-order chi connectivity index (χ0) is 16.5. The van der Waals surface area contributed by atoms with Crippen LogP contribution in [0.2, 0.25) is 0 Å². The van der Waals surface area contributed by atoms with Crippen LogP contribution in [0.4, 0.5) is 0 Å². The highest BCUT2D eigenvalue weighted by Crippen LogP contribution is 2.28. The van der Waals surface area contributed by atoms with Gasteiger partial charge in [0.1, 0.15) is 5.75 Å². The van der Waals surface area contributed by atoms with Gasteiger partial charge in [0.25, 0.3) is 0 Å². The smallest absolute Gasteiger partial charge is 0.314 e. The summed E-state index contributed by atoms with van der Waals surface area (Å²) in [7, 11) is 0. The van der Waals surface area contributed by atoms with Gasteiger partial charge in [0.15, 0.2) is 0 Å². The van der Waals surface area contributed by atoms with Crippen LogP contribution >= 0.6 is 11.8 Å². The van der Waals surface area contributed by atoms with Crippen molar-refractivity contribution in [1.82, 2.24) is 0 Å². The van der Waals surface area contributed by atoms with E-state index in [0.717, 1.165) is 23.3 Å². The molecule has 0 bridgehead atoms. The highest BCUT2D eigenvalue weighted by molar-refractivity contribution is 7.99. The Morgan fingerprint density at radius 1 is 1.13 bits per heavy atom. The van der Waals surface area contributed by atoms with Crippen LogP contribution < -0.4 is 0 Å². The predicted octanol–water partition coefficient (Wildman–Crippen LogP) is 4.61. The number of carbonyl (C=O) groups is 1. The molecule has 4 heteroatoms. The molecule has 0 aliphatic rings. The summed E-state index contributed by atoms with van der Waals surface area (Å²) in [6.45, 7) is 2.55. The highest BCUT2D eigenvalue weighted by atomic mass is 32.2. The lowest BCUT2D eigenvalue weighted by molar-refractivity contribution is -0.145. The van der Waals surface area contributed by atoms with E-state index in [1.54, 1.807) is 23.9 Å². The number of unbranched alkanes of at least 4 members (excludes halogenated alkanes) is 1. The molecule has 1 N–H and O–H groups in total. The summed E-state index contributed by atoms with van der Waals surface area (Å²) in [5, 5.41) is 9.34. The van der Waals surface area contributed by atoms with Gasteiger partial charge in [0, 0.05) is 10.6 Å². The number of hydrogen-bond donors (Lipinski definition) is 1. The maximum Gasteiger partial charge on any atom is 0.314 e. The Labute approximate surface area is 141 Å². The Hall–Kier alpha value is -1.94. The summed E-state index contributed by atoms with van der Waals surface area (Å²) in [5.41, 5.74) is 0.972. The van der Waals surface area contributed by atoms with E-state index in [-0.39, 0.29) is 17.6 Å². The first-order valence-electron chi connectivity index (χ1n) is 7.84. The van der Waals surface area contributed by atoms with Crippen molar-refractivity contribution in [3.8, 4) is 5.75 Å². The van der Waals surface area contributed by atoms with E-state index in [9.17, 15) is 9.90 Å². The second kappa shape index (κ2) is 9.26. The number of hydrogen-bond acceptors (Lipinski definition) is 4. The molecule has 0 fully saturated rings. The molecule has 0 radical (unpaired) electrons. The van der Waals surface area contributed by atoms with Gasteiger partial charge >= 0.3 is 5.97 Å². The fourth-order valence-electron chi connectivity index (χ4n) is 2.13. The Morgan fingerprint density at radius 2 is 1.83 bits per heavy atom. The number of rotatable bonds is 8. The minimum absolute atomic E-state index is 0.170. The van der Waals surface area contributed by atoms with E-state index in [1.807, 2.05) is 42.5 Å². The molecule has 0 saturated carbocycles. The first-order chi connectivity index (χ1) is 11.2. The summed E-state index contributed by atoms with van der Waals surface area (Å²) in [6, 6.07) is 16.7. The van der Waals surface area contributed by atoms with Crippen LogP contribution in [0, 0.1) is 0 Å². The third kappa shape index (κ3) is 5.64. The molecule has 0 heterocycles. The van der Waals surface area contributed by atoms with Crippen molar-refractivity contribution in [3.63, 3.8) is 0 Å². The molecule has 0 aliphatic carbocycles. The van der Waals surface area contributed by atoms with Gasteiger partial charge in [-0.25, -0.2) is 0 Å². The van der Waals surface area contributed by atoms with Crippen LogP contribution in [-0.2, 0) is 9.53 Å². The van der Waals surface area contributed by atoms with Gasteiger partial charge in [-0.15, -0.1) is 11.8 Å². The maximum atomic E-state index is 12.4. The SMILES string of the molecule is CCCCOC(=O)C(CSc1ccc(O)cc1)c1ccccc1. The van der Waals surface area contributed by atoms with E-state index in [4.69, 9.17) is 4.74 Å². The lowest BCUT2D eigenvalue weighted by atomic mass is 10.0. The van der Waals surface area contributed by atoms with E-state index in [2.05, 4.69) is 6.92 Å². The van der Waals surface area contributed by atoms with Crippen molar-refractivity contribution in [2.45, 2.75) is 30.6 Å². The molecule has 2 aromatic rings. The summed E-state index contributed by atoms with van der Waals surface area (Å²) < 4.78 is 5.41. The van der Waals surface area contributed by atoms with E-state index in [0.29, 0.717) is 12.4 Å². The van der Waals surface area contributed by atoms with Crippen LogP contribution in [0.15, 0.2) is 59.5 Å². The van der Waals surface area contributed by atoms with Crippen LogP contribution in [0.5, 0.6) is 5.75 Å². The summed E-state index contributed by atoms with van der Waals surface area (Å²) >= 11 is 1.59. The van der Waals surface area contributed by atoms with Crippen LogP contribution in [0.3, 0.4) is 0 Å². The molecule has 0 spiro atoms. The summed E-state index contributed by atoms with van der Waals surface area (Å²) in [6.07, 6.45) is 1.89. The zero-order valence-electron chi connectivity index (χ0n) is 13.3. The number of esters is 1. The number of carbonyl (C=O) groups excluding carboxylic acids is 1. The third-order valence-electron chi connectivity index (χ3n) is 3.48. The Bertz CT molecular complexity index is 596. The standard InChI is InChI=1S/C19H22O3S/c1-2-3-13-22-19(21)18(15-7-5-4-6-8-15)14-23-17-11-9-16(20)10-12-17/h4-12,18,20H,2-3,13-14H2,1H3. The number of thioether (sulfide) groups is 1. The topological polar surface area (TPSA) is 46.5 Å². The van der Waals surface area contributed by atoms with Crippen molar-refractivity contribution in [1.29, 1.82) is 0 Å². The lowest BCUT2D eigenvalue weighted by Gasteiger charge is -2.16. The summed E-state index contributed by atoms with van der Waals surface area (Å²) in [5.74, 6) is 0.399. The van der Waals surface area contributed by atoms with Crippen LogP contribution in [-0.4, -0.2) is 23.4 Å². The van der Waals surface area contributed by atoms with E-state index >= 15 is 0 Å². The first kappa shape index (κ1) is 17.4. The number of phenols is 1. The fourth-order valence-corrected chi connectivity index (χ4v) is 3.14. The van der Waals surface area contributed by atoms with Crippen molar-refractivity contribution in [3.05, 3.63) is 60.2 Å². The van der Waals surface area contributed by atoms with Gasteiger partial charge in [-0.05, 0) is 36.2 Å². The number of benzene rings is 2. The molecule has 0 amide bonds. The average Bonchev–Trinajstić information content (AvgIpc) is 2.58. The van der Waals surface area contributed by atoms with Gasteiger partial charge in [0.05, 0.1) is 12.5 Å². The van der Waals surface area contributed by atoms with Crippen molar-refractivity contribution in [2.24, 2.45) is 0 Å². The highest BCUT2D eigenvalue weighted by Gasteiger charge is 2.22. The molecule has 1 atom stereocenters. The monoisotopic (exact) mass is 330 g/mol. The van der Waals surface area contributed by atoms with Gasteiger partial charge < -0.3 is 9.84 Å². The van der Waals surface area contributed by atoms with Crippen LogP contribution in [0.25, 0.3) is 0 Å². The first-order valence-corrected chi connectivity index (χ1v) is 8.82. The fraction of sp³-hybridized carbons (Fsp3) is 0.316. The minimum Gasteiger partial charge on any atom is -0.508 e. The number of ether oxygens (including phenoxy) is 1. The van der Waals surface area contributed by atoms with Crippen molar-refractivity contribution >= 4 is 17.7 Å². The second-order valence-corrected chi connectivity index (χ2v) is 6.38. The molecule has 23 heavy (non-hydrogen) atoms. The molecule has 0 aliphatic heterocycles. The number of phenolic OH excluding ortho intramolecular Hbond substituents is 1. The minimum atomic E-state index is -0.285. The molecule has 2 rings (SSSR count). The van der Waals surface area contributed by atoms with Gasteiger partial charge in [0.2, 0.25) is 0 Å². The van der Waals surface area contributed by atoms with Gasteiger partial charge in [-0.1, -0.05) is 43.7 Å². The molecular formula is C19H22O3S. The van der Waals surface area contributed by atoms with E-state index in [1.165, 1.54) is 0 Å². The molecule has 122 valence electrons. The molecule has 1 unspecified atom stereocenters. The lowest BCUT2D eigenvalue weighted by Crippen LogP contribution is -2.18. The molecule has 3 nitrogen and oxygen atoms in total. The normalized spacial score (nSPS) is 11.9. The largest absolute Gasteiger partial charge is 0.508 e. The third-order valence-corrected chi connectivity index (χ3v) is 4.59. The van der Waals surface area contributed by atoms with Crippen LogP contribution in [0.1, 0.15) is 31.2 Å². The van der Waals surface area contributed by atoms with Crippen molar-refractivity contribution < 1.29 is 14.6 Å². The number of aromatic hydroxyl groups is 1. The van der Waals surface area contributed by atoms with Gasteiger partial charge in [-0.3, -0.25) is 4.79 Å². The molecule has 0 aromatic heterocycles. The van der Waals surface area contributed by atoms with Gasteiger partial charge in [-0.2, -0.15) is 0 Å². The summed E-state index contributed by atoms with van der Waals surface area (Å²) in [4.78, 5) is 13.4. The molecular weight excluding hydrogens is 308 g/mol.